The Morgan fingerprint density at radius 1 is 0.918 bits per heavy atom. The molecule has 0 amide bonds. The fourth-order valence-corrected chi connectivity index (χ4v) is 6.57. The van der Waals surface area contributed by atoms with Crippen molar-refractivity contribution >= 4 is 43.1 Å². The molecule has 0 fully saturated rings. The summed E-state index contributed by atoms with van der Waals surface area (Å²) in [5.41, 5.74) is 3.06. The van der Waals surface area contributed by atoms with Crippen molar-refractivity contribution in [2.45, 2.75) is 39.1 Å². The molecular weight excluding hydrogens is 829 g/mol. The van der Waals surface area contributed by atoms with Crippen LogP contribution in [-0.4, -0.2) is 76.4 Å². The second-order valence-electron chi connectivity index (χ2n) is 11.4. The molecule has 3 aromatic carbocycles. The number of carbonyl (C=O) groups is 1. The Labute approximate surface area is 306 Å². The van der Waals surface area contributed by atoms with Crippen molar-refractivity contribution < 1.29 is 74.2 Å². The van der Waals surface area contributed by atoms with Crippen molar-refractivity contribution in [1.82, 2.24) is 4.57 Å². The monoisotopic (exact) mass is 868 g/mol. The van der Waals surface area contributed by atoms with E-state index in [2.05, 4.69) is 9.13 Å². The van der Waals surface area contributed by atoms with Crippen LogP contribution >= 0.6 is 0 Å². The Morgan fingerprint density at radius 3 is 1.90 bits per heavy atom. The molecule has 1 heterocycles. The molecule has 10 nitrogen and oxygen atoms in total. The van der Waals surface area contributed by atoms with Crippen LogP contribution in [-0.2, 0) is 52.1 Å². The van der Waals surface area contributed by atoms with E-state index in [-0.39, 0.29) is 64.1 Å². The first kappa shape index (κ1) is 41.8. The molecule has 17 heteroatoms. The molecule has 0 saturated carbocycles. The number of hydrogen-bond donors (Lipinski definition) is 0. The van der Waals surface area contributed by atoms with Gasteiger partial charge in [0.2, 0.25) is 0 Å². The topological polar surface area (TPSA) is 96.7 Å². The average molecular weight is 867 g/mol. The SMILES string of the molecule is COC(=O)[C@H](Cc1c[n+](COCc2ccccc2)c([Se]c2ccc([N+](=O)[O-])cc2)n1COCc1ccccc1)[N+](C)(C)C.F[B-](F)(F)F.[I-]. The third-order valence-electron chi connectivity index (χ3n) is 6.87. The maximum atomic E-state index is 12.9. The number of imidazole rings is 1. The average Bonchev–Trinajstić information content (AvgIpc) is 3.34. The minimum absolute atomic E-state index is 0. The molecule has 0 aliphatic carbocycles. The van der Waals surface area contributed by atoms with Crippen LogP contribution in [0.1, 0.15) is 16.8 Å². The molecule has 0 spiro atoms. The molecule has 0 aliphatic heterocycles. The maximum absolute atomic E-state index is 12.9. The molecule has 0 bridgehead atoms. The number of benzene rings is 3. The summed E-state index contributed by atoms with van der Waals surface area (Å²) in [4.78, 5) is 23.8. The summed E-state index contributed by atoms with van der Waals surface area (Å²) in [5, 5.41) is 11.2. The number of esters is 1. The Kier molecular flexibility index (Phi) is 16.9. The fourth-order valence-electron chi connectivity index (χ4n) is 4.50. The van der Waals surface area contributed by atoms with Crippen LogP contribution in [0.3, 0.4) is 0 Å². The van der Waals surface area contributed by atoms with Gasteiger partial charge in [0, 0.05) is 0 Å². The second kappa shape index (κ2) is 19.7. The number of methoxy groups -OCH3 is 1. The number of rotatable bonds is 15. The predicted molar refractivity (Wildman–Crippen MR) is 173 cm³/mol. The summed E-state index contributed by atoms with van der Waals surface area (Å²) >= 11 is -0.267. The smallest absolute Gasteiger partial charge is 0.673 e. The zero-order valence-electron chi connectivity index (χ0n) is 27.4. The summed E-state index contributed by atoms with van der Waals surface area (Å²) in [7, 11) is 1.33. The van der Waals surface area contributed by atoms with Crippen LogP contribution in [0.2, 0.25) is 0 Å². The van der Waals surface area contributed by atoms with Gasteiger partial charge in [0.25, 0.3) is 0 Å². The molecule has 1 aromatic heterocycles. The van der Waals surface area contributed by atoms with Gasteiger partial charge in [0.15, 0.2) is 0 Å². The standard InChI is InChI=1S/C32H38N4O6Se.BF4.HI/c1-36(2,3)30(31(37)40-4)19-28-20-33(23-41-21-25-11-7-5-8-12-25)32(43-29-17-15-27(16-18-29)35(38)39)34(28)24-42-22-26-13-9-6-10-14-26;2-1(3,4)5;/h5-18,20,30H,19,21-24H2,1-4H3;;1H/q+2;-1;/p-1/t30-;;/m0../s1. The van der Waals surface area contributed by atoms with Crippen LogP contribution in [0, 0.1) is 10.1 Å². The molecule has 0 unspecified atom stereocenters. The van der Waals surface area contributed by atoms with Crippen molar-refractivity contribution in [3.8, 4) is 0 Å². The quantitative estimate of drug-likeness (QED) is 0.0257. The van der Waals surface area contributed by atoms with E-state index < -0.39 is 18.2 Å². The van der Waals surface area contributed by atoms with Crippen molar-refractivity contribution in [3.63, 3.8) is 0 Å². The van der Waals surface area contributed by atoms with E-state index in [0.29, 0.717) is 24.1 Å². The third kappa shape index (κ3) is 14.6. The number of quaternary nitrogens is 1. The summed E-state index contributed by atoms with van der Waals surface area (Å²) in [6, 6.07) is 26.1. The summed E-state index contributed by atoms with van der Waals surface area (Å²) in [6.07, 6.45) is 2.44. The number of nitrogens with zero attached hydrogens (tertiary/aromatic N) is 4. The number of ether oxygens (including phenoxy) is 3. The summed E-state index contributed by atoms with van der Waals surface area (Å²) in [6.45, 7) is 1.39. The van der Waals surface area contributed by atoms with Crippen LogP contribution in [0.25, 0.3) is 0 Å². The summed E-state index contributed by atoms with van der Waals surface area (Å²) < 4.78 is 63.0. The van der Waals surface area contributed by atoms with E-state index in [4.69, 9.17) is 14.2 Å². The van der Waals surface area contributed by atoms with Crippen LogP contribution < -0.4 is 37.7 Å². The molecule has 49 heavy (non-hydrogen) atoms. The minimum atomic E-state index is -6.00. The number of aromatic nitrogens is 2. The van der Waals surface area contributed by atoms with E-state index in [1.165, 1.54) is 19.2 Å². The number of nitro groups is 1. The predicted octanol–water partition coefficient (Wildman–Crippen LogP) is 0.782. The Bertz CT molecular complexity index is 1610. The van der Waals surface area contributed by atoms with Gasteiger partial charge in [-0.25, -0.2) is 0 Å². The Hall–Kier alpha value is -3.35. The van der Waals surface area contributed by atoms with Crippen molar-refractivity contribution in [2.24, 2.45) is 0 Å². The van der Waals surface area contributed by atoms with Crippen molar-refractivity contribution in [1.29, 1.82) is 0 Å². The van der Waals surface area contributed by atoms with E-state index >= 15 is 0 Å². The van der Waals surface area contributed by atoms with Gasteiger partial charge in [-0.15, -0.1) is 0 Å². The number of nitro benzene ring substituents is 1. The first-order valence-electron chi connectivity index (χ1n) is 14.7. The Morgan fingerprint density at radius 2 is 1.43 bits per heavy atom. The molecule has 1 atom stereocenters. The number of likely N-dealkylation sites (N-methyl/N-ethyl adjacent to an activating group) is 1. The number of non-ortho nitro benzene ring substituents is 1. The molecule has 266 valence electrons. The molecule has 0 radical (unpaired) electrons. The second-order valence-corrected chi connectivity index (χ2v) is 13.6. The molecule has 0 saturated heterocycles. The van der Waals surface area contributed by atoms with Crippen LogP contribution in [0.15, 0.2) is 91.1 Å². The zero-order chi connectivity index (χ0) is 35.3. The van der Waals surface area contributed by atoms with Gasteiger partial charge in [-0.3, -0.25) is 0 Å². The first-order valence-corrected chi connectivity index (χ1v) is 16.4. The van der Waals surface area contributed by atoms with Gasteiger partial charge in [0.05, 0.1) is 0 Å². The van der Waals surface area contributed by atoms with E-state index in [1.807, 2.05) is 88.0 Å². The van der Waals surface area contributed by atoms with E-state index in [0.717, 1.165) is 26.0 Å². The zero-order valence-corrected chi connectivity index (χ0v) is 31.3. The van der Waals surface area contributed by atoms with Crippen molar-refractivity contribution in [2.75, 3.05) is 28.3 Å². The Balaban J connectivity index is 0.00000129. The molecular formula is C32H38BF4IN4O6Se. The third-order valence-corrected chi connectivity index (χ3v) is 9.27. The van der Waals surface area contributed by atoms with Gasteiger partial charge in [0.1, 0.15) is 0 Å². The van der Waals surface area contributed by atoms with Gasteiger partial charge >= 0.3 is 266 Å². The van der Waals surface area contributed by atoms with Gasteiger partial charge in [-0.2, -0.15) is 0 Å². The summed E-state index contributed by atoms with van der Waals surface area (Å²) in [5.74, 6) is -0.292. The van der Waals surface area contributed by atoms with E-state index in [1.54, 1.807) is 12.1 Å². The molecule has 4 aromatic rings. The van der Waals surface area contributed by atoms with Gasteiger partial charge in [-0.1, -0.05) is 0 Å². The van der Waals surface area contributed by atoms with Crippen LogP contribution in [0.4, 0.5) is 23.0 Å². The first-order chi connectivity index (χ1) is 22.7. The van der Waals surface area contributed by atoms with Crippen LogP contribution in [0.5, 0.6) is 0 Å². The van der Waals surface area contributed by atoms with Crippen molar-refractivity contribution in [3.05, 3.63) is 118 Å². The number of hydrogen-bond acceptors (Lipinski definition) is 6. The van der Waals surface area contributed by atoms with Gasteiger partial charge < -0.3 is 41.2 Å². The molecule has 0 aliphatic rings. The molecule has 0 N–H and O–H groups in total. The number of carbonyl (C=O) groups excluding carboxylic acids is 1. The maximum Gasteiger partial charge on any atom is 0.673 e. The van der Waals surface area contributed by atoms with Gasteiger partial charge in [-0.05, 0) is 0 Å². The fraction of sp³-hybridized carbons (Fsp3) is 0.312. The minimum Gasteiger partial charge on any atom is -1.00 e. The molecule has 4 rings (SSSR count). The normalized spacial score (nSPS) is 11.9. The largest absolute Gasteiger partial charge is 1.00 e. The number of halogens is 5. The van der Waals surface area contributed by atoms with E-state index in [9.17, 15) is 32.2 Å².